The average Bonchev–Trinajstić information content (AvgIpc) is 2.79. The van der Waals surface area contributed by atoms with Crippen LogP contribution < -0.4 is 4.74 Å². The van der Waals surface area contributed by atoms with Crippen LogP contribution in [-0.4, -0.2) is 24.7 Å². The molecule has 2 fully saturated rings. The molecule has 0 radical (unpaired) electrons. The first kappa shape index (κ1) is 15.2. The first-order chi connectivity index (χ1) is 10.3. The van der Waals surface area contributed by atoms with E-state index in [-0.39, 0.29) is 5.41 Å². The molecule has 0 aliphatic heterocycles. The second-order valence-corrected chi connectivity index (χ2v) is 6.90. The van der Waals surface area contributed by atoms with Crippen LogP contribution in [0.25, 0.3) is 0 Å². The van der Waals surface area contributed by atoms with Crippen LogP contribution in [0.1, 0.15) is 44.9 Å². The molecule has 3 heteroatoms. The molecule has 0 aromatic heterocycles. The Balaban J connectivity index is 1.44. The van der Waals surface area contributed by atoms with Crippen LogP contribution in [0.4, 0.5) is 0 Å². The summed E-state index contributed by atoms with van der Waals surface area (Å²) >= 11 is 6.55. The minimum atomic E-state index is 0.255. The average molecular weight is 309 g/mol. The molecule has 0 N–H and O–H groups in total. The van der Waals surface area contributed by atoms with Gasteiger partial charge in [-0.2, -0.15) is 0 Å². The first-order valence-electron chi connectivity index (χ1n) is 8.25. The van der Waals surface area contributed by atoms with Gasteiger partial charge in [-0.15, -0.1) is 11.6 Å². The van der Waals surface area contributed by atoms with E-state index >= 15 is 0 Å². The van der Waals surface area contributed by atoms with Gasteiger partial charge in [0, 0.05) is 10.8 Å². The van der Waals surface area contributed by atoms with Gasteiger partial charge in [-0.3, -0.25) is 0 Å². The smallest absolute Gasteiger partial charge is 0.119 e. The van der Waals surface area contributed by atoms with Gasteiger partial charge in [0.2, 0.25) is 0 Å². The van der Waals surface area contributed by atoms with Crippen LogP contribution >= 0.6 is 11.6 Å². The van der Waals surface area contributed by atoms with E-state index in [0.717, 1.165) is 12.2 Å². The summed E-state index contributed by atoms with van der Waals surface area (Å²) in [6.07, 6.45) is 9.17. The van der Waals surface area contributed by atoms with Crippen molar-refractivity contribution < 1.29 is 9.47 Å². The molecule has 116 valence electrons. The third-order valence-corrected chi connectivity index (χ3v) is 5.75. The SMILES string of the molecule is ClC1CC(OCCOc2ccccc2)C12CCCCCC2. The van der Waals surface area contributed by atoms with E-state index in [1.165, 1.54) is 38.5 Å². The van der Waals surface area contributed by atoms with Crippen LogP contribution in [0.2, 0.25) is 0 Å². The van der Waals surface area contributed by atoms with Crippen molar-refractivity contribution in [2.75, 3.05) is 13.2 Å². The van der Waals surface area contributed by atoms with Crippen molar-refractivity contribution in [2.24, 2.45) is 5.41 Å². The van der Waals surface area contributed by atoms with Gasteiger partial charge in [0.1, 0.15) is 12.4 Å². The molecule has 0 amide bonds. The summed E-state index contributed by atoms with van der Waals surface area (Å²) < 4.78 is 11.8. The zero-order valence-corrected chi connectivity index (χ0v) is 13.4. The van der Waals surface area contributed by atoms with E-state index in [4.69, 9.17) is 21.1 Å². The van der Waals surface area contributed by atoms with Gasteiger partial charge in [0.15, 0.2) is 0 Å². The Kier molecular flexibility index (Phi) is 5.07. The molecule has 2 saturated carbocycles. The second kappa shape index (κ2) is 7.02. The maximum absolute atomic E-state index is 6.55. The molecule has 2 atom stereocenters. The molecule has 2 aliphatic carbocycles. The minimum Gasteiger partial charge on any atom is -0.491 e. The Bertz CT molecular complexity index is 426. The van der Waals surface area contributed by atoms with Crippen molar-refractivity contribution in [1.29, 1.82) is 0 Å². The molecule has 0 saturated heterocycles. The van der Waals surface area contributed by atoms with Gasteiger partial charge in [-0.25, -0.2) is 0 Å². The van der Waals surface area contributed by atoms with Crippen LogP contribution in [0.5, 0.6) is 5.75 Å². The molecule has 0 heterocycles. The van der Waals surface area contributed by atoms with E-state index in [2.05, 4.69) is 0 Å². The predicted octanol–water partition coefficient (Wildman–Crippen LogP) is 4.80. The summed E-state index contributed by atoms with van der Waals surface area (Å²) in [7, 11) is 0. The Morgan fingerprint density at radius 2 is 1.71 bits per heavy atom. The highest BCUT2D eigenvalue weighted by Gasteiger charge is 2.54. The second-order valence-electron chi connectivity index (χ2n) is 6.37. The highest BCUT2D eigenvalue weighted by Crippen LogP contribution is 2.54. The van der Waals surface area contributed by atoms with E-state index < -0.39 is 0 Å². The standard InChI is InChI=1S/C18H25ClO2/c19-16-14-17(18(16)10-6-1-2-7-11-18)21-13-12-20-15-8-4-3-5-9-15/h3-5,8-9,16-17H,1-2,6-7,10-14H2. The van der Waals surface area contributed by atoms with Crippen LogP contribution in [-0.2, 0) is 4.74 Å². The lowest BCUT2D eigenvalue weighted by Gasteiger charge is -2.53. The topological polar surface area (TPSA) is 18.5 Å². The summed E-state index contributed by atoms with van der Waals surface area (Å²) in [6, 6.07) is 9.92. The largest absolute Gasteiger partial charge is 0.491 e. The predicted molar refractivity (Wildman–Crippen MR) is 86.1 cm³/mol. The third kappa shape index (κ3) is 3.37. The maximum Gasteiger partial charge on any atom is 0.119 e. The summed E-state index contributed by atoms with van der Waals surface area (Å²) in [4.78, 5) is 0. The fourth-order valence-electron chi connectivity index (χ4n) is 3.82. The van der Waals surface area contributed by atoms with Gasteiger partial charge in [0.25, 0.3) is 0 Å². The summed E-state index contributed by atoms with van der Waals surface area (Å²) in [5.41, 5.74) is 0.255. The zero-order chi connectivity index (χ0) is 14.5. The van der Waals surface area contributed by atoms with Crippen molar-refractivity contribution in [1.82, 2.24) is 0 Å². The van der Waals surface area contributed by atoms with Crippen LogP contribution in [0, 0.1) is 5.41 Å². The van der Waals surface area contributed by atoms with E-state index in [9.17, 15) is 0 Å². The molecular formula is C18H25ClO2. The number of alkyl halides is 1. The molecule has 21 heavy (non-hydrogen) atoms. The lowest BCUT2D eigenvalue weighted by molar-refractivity contribution is -0.119. The summed E-state index contributed by atoms with van der Waals surface area (Å²) in [5, 5.41) is 0.315. The van der Waals surface area contributed by atoms with E-state index in [1.54, 1.807) is 0 Å². The molecule has 2 aliphatic rings. The molecule has 2 unspecified atom stereocenters. The molecule has 1 spiro atoms. The van der Waals surface area contributed by atoms with Gasteiger partial charge in [-0.05, 0) is 31.4 Å². The molecular weight excluding hydrogens is 284 g/mol. The quantitative estimate of drug-likeness (QED) is 0.574. The highest BCUT2D eigenvalue weighted by atomic mass is 35.5. The fraction of sp³-hybridized carbons (Fsp3) is 0.667. The third-order valence-electron chi connectivity index (χ3n) is 5.13. The van der Waals surface area contributed by atoms with Crippen molar-refractivity contribution in [3.63, 3.8) is 0 Å². The van der Waals surface area contributed by atoms with Gasteiger partial charge in [-0.1, -0.05) is 43.9 Å². The van der Waals surface area contributed by atoms with E-state index in [1.807, 2.05) is 30.3 Å². The zero-order valence-electron chi connectivity index (χ0n) is 12.6. The number of rotatable bonds is 5. The molecule has 1 aromatic carbocycles. The number of ether oxygens (including phenoxy) is 2. The van der Waals surface area contributed by atoms with Crippen molar-refractivity contribution in [2.45, 2.75) is 56.4 Å². The Morgan fingerprint density at radius 3 is 2.38 bits per heavy atom. The number of halogens is 1. The number of hydrogen-bond donors (Lipinski definition) is 0. The Labute approximate surface area is 132 Å². The van der Waals surface area contributed by atoms with Crippen molar-refractivity contribution >= 4 is 11.6 Å². The number of benzene rings is 1. The van der Waals surface area contributed by atoms with Crippen LogP contribution in [0.3, 0.4) is 0 Å². The lowest BCUT2D eigenvalue weighted by atomic mass is 9.61. The molecule has 3 rings (SSSR count). The minimum absolute atomic E-state index is 0.255. The molecule has 2 nitrogen and oxygen atoms in total. The Hall–Kier alpha value is -0.730. The van der Waals surface area contributed by atoms with Gasteiger partial charge >= 0.3 is 0 Å². The maximum atomic E-state index is 6.55. The van der Waals surface area contributed by atoms with Gasteiger partial charge < -0.3 is 9.47 Å². The first-order valence-corrected chi connectivity index (χ1v) is 8.68. The van der Waals surface area contributed by atoms with Crippen molar-refractivity contribution in [3.8, 4) is 5.75 Å². The normalized spacial score (nSPS) is 27.9. The van der Waals surface area contributed by atoms with E-state index in [0.29, 0.717) is 24.7 Å². The monoisotopic (exact) mass is 308 g/mol. The summed E-state index contributed by atoms with van der Waals surface area (Å²) in [6.45, 7) is 1.27. The summed E-state index contributed by atoms with van der Waals surface area (Å²) in [5.74, 6) is 0.911. The Morgan fingerprint density at radius 1 is 1.00 bits per heavy atom. The number of para-hydroxylation sites is 1. The van der Waals surface area contributed by atoms with Gasteiger partial charge in [0.05, 0.1) is 12.7 Å². The lowest BCUT2D eigenvalue weighted by Crippen LogP contribution is -2.55. The fourth-order valence-corrected chi connectivity index (χ4v) is 4.34. The number of hydrogen-bond acceptors (Lipinski definition) is 2. The van der Waals surface area contributed by atoms with Crippen LogP contribution in [0.15, 0.2) is 30.3 Å². The van der Waals surface area contributed by atoms with Crippen molar-refractivity contribution in [3.05, 3.63) is 30.3 Å². The molecule has 0 bridgehead atoms. The highest BCUT2D eigenvalue weighted by molar-refractivity contribution is 6.21. The molecule has 1 aromatic rings.